The Hall–Kier alpha value is -5.70. The molecule has 54 heavy (non-hydrogen) atoms. The van der Waals surface area contributed by atoms with Gasteiger partial charge >= 0.3 is 0 Å². The number of hydrogen-bond acceptors (Lipinski definition) is 4. The van der Waals surface area contributed by atoms with Gasteiger partial charge in [0.1, 0.15) is 7.14 Å². The minimum atomic E-state index is -3.15. The smallest absolute Gasteiger partial charge is 0.216 e. The summed E-state index contributed by atoms with van der Waals surface area (Å²) in [5.74, 6) is 0. The van der Waals surface area contributed by atoms with E-state index in [9.17, 15) is 0 Å². The predicted octanol–water partition coefficient (Wildman–Crippen LogP) is 11.0. The molecule has 4 nitrogen and oxygen atoms in total. The summed E-state index contributed by atoms with van der Waals surface area (Å²) in [6.07, 6.45) is 1.85. The van der Waals surface area contributed by atoms with Crippen LogP contribution in [0.2, 0.25) is 0 Å². The molecule has 0 aliphatic carbocycles. The molecule has 10 rings (SSSR count). The van der Waals surface area contributed by atoms with E-state index >= 15 is 4.57 Å². The number of fused-ring (bicyclic) bond motifs is 6. The van der Waals surface area contributed by atoms with Crippen molar-refractivity contribution in [2.45, 2.75) is 13.8 Å². The maximum atomic E-state index is 15.1. The largest absolute Gasteiger partial charge is 0.486 e. The van der Waals surface area contributed by atoms with E-state index in [1.54, 1.807) is 0 Å². The van der Waals surface area contributed by atoms with Crippen molar-refractivity contribution >= 4 is 77.4 Å². The summed E-state index contributed by atoms with van der Waals surface area (Å²) in [7, 11) is -3.15. The zero-order chi connectivity index (χ0) is 35.9. The zero-order valence-electron chi connectivity index (χ0n) is 29.6. The molecule has 0 bridgehead atoms. The quantitative estimate of drug-likeness (QED) is 0.130. The third-order valence-corrected chi connectivity index (χ3v) is 12.7. The van der Waals surface area contributed by atoms with E-state index in [2.05, 4.69) is 88.8 Å². The molecule has 0 amide bonds. The fourth-order valence-electron chi connectivity index (χ4n) is 6.99. The van der Waals surface area contributed by atoms with E-state index < -0.39 is 7.14 Å². The number of aromatic nitrogens is 2. The van der Waals surface area contributed by atoms with Crippen LogP contribution in [0.1, 0.15) is 11.3 Å². The third kappa shape index (κ3) is 6.46. The average Bonchev–Trinajstić information content (AvgIpc) is 3.58. The van der Waals surface area contributed by atoms with Gasteiger partial charge in [-0.05, 0) is 70.9 Å². The molecule has 7 aromatic carbocycles. The second kappa shape index (κ2) is 14.6. The SMILES string of the molecule is Cc1ccc(-c2[c-]ccc3c2oc2nc(C)ccc23)nc1.O=P(c1[c-]cc2ccccc2c1)(c1ccc2ccccc2c1)c1ccc2ccccc2c1.[Ir]. The van der Waals surface area contributed by atoms with Crippen LogP contribution in [0.15, 0.2) is 168 Å². The summed E-state index contributed by atoms with van der Waals surface area (Å²) in [6.45, 7) is 3.98. The summed E-state index contributed by atoms with van der Waals surface area (Å²) in [5.41, 5.74) is 5.28. The van der Waals surface area contributed by atoms with Gasteiger partial charge in [-0.25, -0.2) is 4.98 Å². The van der Waals surface area contributed by atoms with Crippen LogP contribution < -0.4 is 15.9 Å². The van der Waals surface area contributed by atoms with E-state index in [0.29, 0.717) is 5.71 Å². The van der Waals surface area contributed by atoms with Gasteiger partial charge in [0, 0.05) is 48.0 Å². The number of pyridine rings is 2. The molecule has 1 radical (unpaired) electrons. The topological polar surface area (TPSA) is 56.0 Å². The Balaban J connectivity index is 0.000000163. The molecule has 0 unspecified atom stereocenters. The van der Waals surface area contributed by atoms with Crippen LogP contribution >= 0.6 is 7.14 Å². The van der Waals surface area contributed by atoms with Gasteiger partial charge in [0.25, 0.3) is 0 Å². The zero-order valence-corrected chi connectivity index (χ0v) is 32.9. The molecule has 0 fully saturated rings. The van der Waals surface area contributed by atoms with E-state index in [1.165, 1.54) is 0 Å². The molecular weight excluding hydrogens is 860 g/mol. The minimum Gasteiger partial charge on any atom is -0.486 e. The second-order valence-corrected chi connectivity index (χ2v) is 16.1. The first kappa shape index (κ1) is 35.3. The third-order valence-electron chi connectivity index (χ3n) is 9.80. The van der Waals surface area contributed by atoms with Crippen LogP contribution in [-0.2, 0) is 24.7 Å². The maximum Gasteiger partial charge on any atom is 0.216 e. The molecule has 10 aromatic rings. The molecule has 0 N–H and O–H groups in total. The Kier molecular flexibility index (Phi) is 9.56. The van der Waals surface area contributed by atoms with Crippen molar-refractivity contribution in [3.8, 4) is 11.3 Å². The standard InChI is InChI=1S/C30H20OP.C18H13N2O.Ir/c31-32(28-16-13-22-7-1-4-10-25(22)19-28,29-17-14-23-8-2-5-11-26(23)20-29)30-18-15-24-9-3-6-12-27(24)21-30;1-11-6-9-16(19-10-11)15-5-3-4-13-14-8-7-12(2)20-18(14)21-17(13)15;/h1-17,19-21H;3-4,6-10H,1-2H3;/q2*-1;. The first-order valence-corrected chi connectivity index (χ1v) is 19.3. The number of aryl methyl sites for hydroxylation is 2. The normalized spacial score (nSPS) is 11.4. The molecule has 263 valence electrons. The van der Waals surface area contributed by atoms with Crippen LogP contribution in [0.3, 0.4) is 0 Å². The van der Waals surface area contributed by atoms with Crippen LogP contribution in [-0.4, -0.2) is 9.97 Å². The van der Waals surface area contributed by atoms with Gasteiger partial charge in [-0.15, -0.1) is 35.0 Å². The Bertz CT molecular complexity index is 2830. The van der Waals surface area contributed by atoms with Crippen LogP contribution in [0.5, 0.6) is 0 Å². The Morgan fingerprint density at radius 3 is 1.83 bits per heavy atom. The summed E-state index contributed by atoms with van der Waals surface area (Å²) in [6, 6.07) is 59.5. The van der Waals surface area contributed by atoms with E-state index in [0.717, 1.165) is 87.1 Å². The van der Waals surface area contributed by atoms with Crippen molar-refractivity contribution in [1.82, 2.24) is 9.97 Å². The monoisotopic (exact) mass is 893 g/mol. The fraction of sp³-hybridized carbons (Fsp3) is 0.0417. The summed E-state index contributed by atoms with van der Waals surface area (Å²) in [4.78, 5) is 8.94. The Morgan fingerprint density at radius 1 is 0.593 bits per heavy atom. The van der Waals surface area contributed by atoms with Gasteiger partial charge in [-0.1, -0.05) is 119 Å². The molecule has 0 spiro atoms. The van der Waals surface area contributed by atoms with E-state index in [1.807, 2.05) is 111 Å². The molecule has 0 aliphatic rings. The first-order chi connectivity index (χ1) is 25.9. The number of furan rings is 1. The fourth-order valence-corrected chi connectivity index (χ4v) is 9.62. The molecule has 0 aliphatic heterocycles. The number of hydrogen-bond donors (Lipinski definition) is 0. The number of nitrogens with zero attached hydrogens (tertiary/aromatic N) is 2. The minimum absolute atomic E-state index is 0. The van der Waals surface area contributed by atoms with Gasteiger partial charge in [-0.3, -0.25) is 0 Å². The van der Waals surface area contributed by atoms with Gasteiger partial charge in [0.15, 0.2) is 0 Å². The summed E-state index contributed by atoms with van der Waals surface area (Å²) >= 11 is 0. The Labute approximate surface area is 327 Å². The number of rotatable bonds is 4. The maximum absolute atomic E-state index is 15.1. The van der Waals surface area contributed by atoms with E-state index in [4.69, 9.17) is 4.42 Å². The van der Waals surface area contributed by atoms with Gasteiger partial charge in [0.05, 0.1) is 5.58 Å². The molecule has 6 heteroatoms. The van der Waals surface area contributed by atoms with E-state index in [-0.39, 0.29) is 20.1 Å². The van der Waals surface area contributed by atoms with Crippen molar-refractivity contribution in [3.63, 3.8) is 0 Å². The molecule has 0 atom stereocenters. The summed E-state index contributed by atoms with van der Waals surface area (Å²) < 4.78 is 21.1. The van der Waals surface area contributed by atoms with Crippen molar-refractivity contribution in [2.24, 2.45) is 0 Å². The molecule has 0 saturated carbocycles. The second-order valence-electron chi connectivity index (χ2n) is 13.3. The van der Waals surface area contributed by atoms with Crippen LogP contribution in [0.4, 0.5) is 0 Å². The Morgan fingerprint density at radius 2 is 1.20 bits per heavy atom. The van der Waals surface area contributed by atoms with Crippen molar-refractivity contribution in [3.05, 3.63) is 187 Å². The number of benzene rings is 7. The molecule has 3 aromatic heterocycles. The van der Waals surface area contributed by atoms with Gasteiger partial charge in [-0.2, -0.15) is 18.2 Å². The van der Waals surface area contributed by atoms with Crippen molar-refractivity contribution in [2.75, 3.05) is 0 Å². The van der Waals surface area contributed by atoms with Crippen LogP contribution in [0, 0.1) is 26.0 Å². The molecule has 0 saturated heterocycles. The molecule has 3 heterocycles. The first-order valence-electron chi connectivity index (χ1n) is 17.6. The summed E-state index contributed by atoms with van der Waals surface area (Å²) in [5, 5.41) is 11.1. The van der Waals surface area contributed by atoms with Gasteiger partial charge < -0.3 is 14.0 Å². The average molecular weight is 893 g/mol. The van der Waals surface area contributed by atoms with Crippen molar-refractivity contribution < 1.29 is 29.1 Å². The van der Waals surface area contributed by atoms with Gasteiger partial charge in [0.2, 0.25) is 5.71 Å². The van der Waals surface area contributed by atoms with Crippen LogP contribution in [0.25, 0.3) is 65.6 Å². The predicted molar refractivity (Wildman–Crippen MR) is 220 cm³/mol. The van der Waals surface area contributed by atoms with Crippen molar-refractivity contribution in [1.29, 1.82) is 0 Å². The molecular formula is C48H33IrN2O2P-2.